The van der Waals surface area contributed by atoms with Crippen molar-refractivity contribution in [3.63, 3.8) is 0 Å². The van der Waals surface area contributed by atoms with Crippen molar-refractivity contribution < 1.29 is 13.2 Å². The van der Waals surface area contributed by atoms with Crippen LogP contribution in [0, 0.1) is 5.92 Å². The summed E-state index contributed by atoms with van der Waals surface area (Å²) in [5.41, 5.74) is 5.62. The maximum atomic E-state index is 12.8. The second-order valence-electron chi connectivity index (χ2n) is 4.23. The van der Waals surface area contributed by atoms with Gasteiger partial charge in [0.05, 0.1) is 5.56 Å². The lowest BCUT2D eigenvalue weighted by atomic mass is 9.90. The first-order valence-electron chi connectivity index (χ1n) is 5.49. The molecule has 17 heavy (non-hydrogen) atoms. The molecule has 0 aliphatic carbocycles. The average Bonchev–Trinajstić information content (AvgIpc) is 2.80. The predicted molar refractivity (Wildman–Crippen MR) is 63.8 cm³/mol. The molecule has 2 rings (SSSR count). The van der Waals surface area contributed by atoms with Gasteiger partial charge in [-0.1, -0.05) is 18.2 Å². The fraction of sp³-hybridized carbons (Fsp3) is 0.500. The van der Waals surface area contributed by atoms with Crippen molar-refractivity contribution in [2.24, 2.45) is 11.7 Å². The van der Waals surface area contributed by atoms with Gasteiger partial charge < -0.3 is 5.73 Å². The first-order valence-corrected chi connectivity index (χ1v) is 6.65. The Morgan fingerprint density at radius 2 is 2.00 bits per heavy atom. The Kier molecular flexibility index (Phi) is 3.68. The van der Waals surface area contributed by atoms with Gasteiger partial charge in [0, 0.05) is 6.04 Å². The van der Waals surface area contributed by atoms with E-state index in [4.69, 9.17) is 5.73 Å². The van der Waals surface area contributed by atoms with E-state index in [0.717, 1.165) is 24.0 Å². The molecular weight excluding hydrogens is 247 g/mol. The van der Waals surface area contributed by atoms with Gasteiger partial charge in [0.25, 0.3) is 0 Å². The highest BCUT2D eigenvalue weighted by atomic mass is 32.2. The van der Waals surface area contributed by atoms with Crippen LogP contribution in [0.4, 0.5) is 13.2 Å². The summed E-state index contributed by atoms with van der Waals surface area (Å²) in [4.78, 5) is 0. The van der Waals surface area contributed by atoms with Gasteiger partial charge in [-0.2, -0.15) is 24.9 Å². The highest BCUT2D eigenvalue weighted by molar-refractivity contribution is 7.99. The van der Waals surface area contributed by atoms with Crippen LogP contribution in [0.3, 0.4) is 0 Å². The van der Waals surface area contributed by atoms with Gasteiger partial charge in [-0.05, 0) is 35.5 Å². The molecular formula is C12H14F3NS. The summed E-state index contributed by atoms with van der Waals surface area (Å²) >= 11 is 1.76. The van der Waals surface area contributed by atoms with E-state index >= 15 is 0 Å². The zero-order chi connectivity index (χ0) is 12.5. The molecule has 2 N–H and O–H groups in total. The summed E-state index contributed by atoms with van der Waals surface area (Å²) in [5, 5.41) is 0. The number of hydrogen-bond acceptors (Lipinski definition) is 2. The molecule has 0 amide bonds. The van der Waals surface area contributed by atoms with Gasteiger partial charge in [-0.3, -0.25) is 0 Å². The summed E-state index contributed by atoms with van der Waals surface area (Å²) in [6, 6.07) is 5.12. The SMILES string of the molecule is NC(c1ccccc1C(F)(F)F)C1CCSC1. The molecule has 2 atom stereocenters. The van der Waals surface area contributed by atoms with E-state index in [2.05, 4.69) is 0 Å². The van der Waals surface area contributed by atoms with Crippen molar-refractivity contribution in [1.29, 1.82) is 0 Å². The fourth-order valence-corrected chi connectivity index (χ4v) is 3.45. The molecule has 1 nitrogen and oxygen atoms in total. The molecule has 1 saturated heterocycles. The summed E-state index contributed by atoms with van der Waals surface area (Å²) in [6.07, 6.45) is -3.42. The molecule has 1 fully saturated rings. The average molecular weight is 261 g/mol. The van der Waals surface area contributed by atoms with Crippen LogP contribution >= 0.6 is 11.8 Å². The molecule has 1 aliphatic rings. The predicted octanol–water partition coefficient (Wildman–Crippen LogP) is 3.46. The van der Waals surface area contributed by atoms with E-state index < -0.39 is 17.8 Å². The van der Waals surface area contributed by atoms with E-state index in [1.165, 1.54) is 12.1 Å². The van der Waals surface area contributed by atoms with Crippen LogP contribution in [0.1, 0.15) is 23.6 Å². The molecule has 0 saturated carbocycles. The zero-order valence-electron chi connectivity index (χ0n) is 9.20. The van der Waals surface area contributed by atoms with Crippen molar-refractivity contribution in [2.45, 2.75) is 18.6 Å². The second-order valence-corrected chi connectivity index (χ2v) is 5.38. The highest BCUT2D eigenvalue weighted by Crippen LogP contribution is 2.39. The minimum absolute atomic E-state index is 0.156. The number of hydrogen-bond donors (Lipinski definition) is 1. The Morgan fingerprint density at radius 3 is 2.59 bits per heavy atom. The fourth-order valence-electron chi connectivity index (χ4n) is 2.14. The molecule has 0 spiro atoms. The van der Waals surface area contributed by atoms with Gasteiger partial charge in [0.1, 0.15) is 0 Å². The van der Waals surface area contributed by atoms with Crippen LogP contribution in [0.25, 0.3) is 0 Å². The largest absolute Gasteiger partial charge is 0.416 e. The molecule has 94 valence electrons. The lowest BCUT2D eigenvalue weighted by Crippen LogP contribution is -2.24. The molecule has 0 aromatic heterocycles. The smallest absolute Gasteiger partial charge is 0.324 e. The van der Waals surface area contributed by atoms with Crippen LogP contribution in [-0.4, -0.2) is 11.5 Å². The van der Waals surface area contributed by atoms with Crippen molar-refractivity contribution in [2.75, 3.05) is 11.5 Å². The number of nitrogens with two attached hydrogens (primary N) is 1. The molecule has 0 bridgehead atoms. The van der Waals surface area contributed by atoms with Crippen LogP contribution in [-0.2, 0) is 6.18 Å². The molecule has 0 radical (unpaired) electrons. The van der Waals surface area contributed by atoms with Gasteiger partial charge in [-0.25, -0.2) is 0 Å². The third-order valence-corrected chi connectivity index (χ3v) is 4.29. The van der Waals surface area contributed by atoms with E-state index in [-0.39, 0.29) is 11.5 Å². The van der Waals surface area contributed by atoms with E-state index in [0.29, 0.717) is 0 Å². The second kappa shape index (κ2) is 4.90. The minimum atomic E-state index is -4.32. The summed E-state index contributed by atoms with van der Waals surface area (Å²) in [6.45, 7) is 0. The first kappa shape index (κ1) is 12.8. The van der Waals surface area contributed by atoms with Gasteiger partial charge >= 0.3 is 6.18 Å². The van der Waals surface area contributed by atoms with Gasteiger partial charge in [0.15, 0.2) is 0 Å². The van der Waals surface area contributed by atoms with E-state index in [1.54, 1.807) is 17.8 Å². The molecule has 1 heterocycles. The minimum Gasteiger partial charge on any atom is -0.324 e. The Labute approximate surface area is 103 Å². The maximum absolute atomic E-state index is 12.8. The molecule has 1 aromatic carbocycles. The monoisotopic (exact) mass is 261 g/mol. The van der Waals surface area contributed by atoms with Crippen molar-refractivity contribution in [3.05, 3.63) is 35.4 Å². The number of thioether (sulfide) groups is 1. The molecule has 5 heteroatoms. The molecule has 1 aliphatic heterocycles. The molecule has 2 unspecified atom stereocenters. The maximum Gasteiger partial charge on any atom is 0.416 e. The van der Waals surface area contributed by atoms with Crippen LogP contribution < -0.4 is 5.73 Å². The first-order chi connectivity index (χ1) is 8.00. The molecule has 1 aromatic rings. The lowest BCUT2D eigenvalue weighted by Gasteiger charge is -2.22. The third kappa shape index (κ3) is 2.77. The Balaban J connectivity index is 2.31. The van der Waals surface area contributed by atoms with Crippen LogP contribution in [0.15, 0.2) is 24.3 Å². The summed E-state index contributed by atoms with van der Waals surface area (Å²) in [5.74, 6) is 2.00. The highest BCUT2D eigenvalue weighted by Gasteiger charge is 2.36. The number of alkyl halides is 3. The Hall–Kier alpha value is -0.680. The van der Waals surface area contributed by atoms with Crippen molar-refractivity contribution in [3.8, 4) is 0 Å². The summed E-state index contributed by atoms with van der Waals surface area (Å²) < 4.78 is 38.5. The summed E-state index contributed by atoms with van der Waals surface area (Å²) in [7, 11) is 0. The number of rotatable bonds is 2. The number of benzene rings is 1. The van der Waals surface area contributed by atoms with Crippen molar-refractivity contribution in [1.82, 2.24) is 0 Å². The van der Waals surface area contributed by atoms with Crippen LogP contribution in [0.2, 0.25) is 0 Å². The third-order valence-electron chi connectivity index (χ3n) is 3.10. The Morgan fingerprint density at radius 1 is 1.29 bits per heavy atom. The topological polar surface area (TPSA) is 26.0 Å². The van der Waals surface area contributed by atoms with E-state index in [1.807, 2.05) is 0 Å². The number of halogens is 3. The normalized spacial score (nSPS) is 22.7. The van der Waals surface area contributed by atoms with Gasteiger partial charge in [0.2, 0.25) is 0 Å². The van der Waals surface area contributed by atoms with E-state index in [9.17, 15) is 13.2 Å². The lowest BCUT2D eigenvalue weighted by molar-refractivity contribution is -0.138. The quantitative estimate of drug-likeness (QED) is 0.882. The standard InChI is InChI=1S/C12H14F3NS/c13-12(14,15)10-4-2-1-3-9(10)11(16)8-5-6-17-7-8/h1-4,8,11H,5-7,16H2. The van der Waals surface area contributed by atoms with Crippen LogP contribution in [0.5, 0.6) is 0 Å². The zero-order valence-corrected chi connectivity index (χ0v) is 10.0. The van der Waals surface area contributed by atoms with Gasteiger partial charge in [-0.15, -0.1) is 0 Å². The van der Waals surface area contributed by atoms with Crippen molar-refractivity contribution >= 4 is 11.8 Å². The Bertz CT molecular complexity index is 386.